The lowest BCUT2D eigenvalue weighted by Gasteiger charge is -2.20. The third kappa shape index (κ3) is 5.05. The van der Waals surface area contributed by atoms with Crippen LogP contribution < -0.4 is 5.32 Å². The van der Waals surface area contributed by atoms with Crippen LogP contribution in [-0.2, 0) is 11.2 Å². The van der Waals surface area contributed by atoms with Gasteiger partial charge in [0.15, 0.2) is 0 Å². The largest absolute Gasteiger partial charge is 0.444 e. The second kappa shape index (κ2) is 6.14. The van der Waals surface area contributed by atoms with Gasteiger partial charge in [0.1, 0.15) is 11.8 Å². The van der Waals surface area contributed by atoms with Crippen LogP contribution in [0.5, 0.6) is 0 Å². The quantitative estimate of drug-likeness (QED) is 0.675. The van der Waals surface area contributed by atoms with Crippen LogP contribution in [-0.4, -0.2) is 21.6 Å². The molecule has 20 heavy (non-hydrogen) atoms. The van der Waals surface area contributed by atoms with Crippen molar-refractivity contribution in [2.45, 2.75) is 32.8 Å². The molecule has 0 saturated carbocycles. The van der Waals surface area contributed by atoms with Crippen LogP contribution in [0.15, 0.2) is 30.7 Å². The van der Waals surface area contributed by atoms with E-state index in [4.69, 9.17) is 4.74 Å². The number of rotatable bonds is 4. The van der Waals surface area contributed by atoms with E-state index in [1.165, 1.54) is 12.3 Å². The predicted molar refractivity (Wildman–Crippen MR) is 73.1 cm³/mol. The Labute approximate surface area is 116 Å². The fourth-order valence-corrected chi connectivity index (χ4v) is 1.45. The number of carbonyl (C=O) groups is 1. The Morgan fingerprint density at radius 1 is 1.55 bits per heavy atom. The van der Waals surface area contributed by atoms with Crippen LogP contribution in [0.3, 0.4) is 0 Å². The molecule has 108 valence electrons. The zero-order valence-corrected chi connectivity index (χ0v) is 11.7. The van der Waals surface area contributed by atoms with Crippen LogP contribution in [0.25, 0.3) is 0 Å². The van der Waals surface area contributed by atoms with E-state index in [1.807, 2.05) is 0 Å². The van der Waals surface area contributed by atoms with Crippen molar-refractivity contribution in [1.29, 1.82) is 0 Å². The minimum absolute atomic E-state index is 0.111. The van der Waals surface area contributed by atoms with Gasteiger partial charge in [-0.05, 0) is 26.8 Å². The summed E-state index contributed by atoms with van der Waals surface area (Å²) in [6.45, 7) is 8.88. The summed E-state index contributed by atoms with van der Waals surface area (Å²) in [5.41, 5.74) is 0.00627. The Hall–Kier alpha value is -2.44. The SMILES string of the molecule is C=C(Cc1ccncc1[N+](=O)[O-])NC(=O)OC(C)(C)C. The molecule has 0 aromatic carbocycles. The first-order valence-corrected chi connectivity index (χ1v) is 5.94. The van der Waals surface area contributed by atoms with E-state index in [9.17, 15) is 14.9 Å². The van der Waals surface area contributed by atoms with Crippen LogP contribution in [0, 0.1) is 10.1 Å². The van der Waals surface area contributed by atoms with Gasteiger partial charge in [0.2, 0.25) is 0 Å². The van der Waals surface area contributed by atoms with Crippen molar-refractivity contribution >= 4 is 11.8 Å². The fourth-order valence-electron chi connectivity index (χ4n) is 1.45. The van der Waals surface area contributed by atoms with Gasteiger partial charge in [-0.2, -0.15) is 0 Å². The Balaban J connectivity index is 2.68. The summed E-state index contributed by atoms with van der Waals surface area (Å²) in [6, 6.07) is 1.51. The first kappa shape index (κ1) is 15.6. The highest BCUT2D eigenvalue weighted by atomic mass is 16.6. The zero-order valence-electron chi connectivity index (χ0n) is 11.7. The average Bonchev–Trinajstić information content (AvgIpc) is 2.26. The molecule has 0 aliphatic rings. The van der Waals surface area contributed by atoms with E-state index in [1.54, 1.807) is 20.8 Å². The Morgan fingerprint density at radius 2 is 2.20 bits per heavy atom. The molecular formula is C13H17N3O4. The zero-order chi connectivity index (χ0) is 15.3. The molecule has 0 aliphatic carbocycles. The molecule has 0 spiro atoms. The lowest BCUT2D eigenvalue weighted by Crippen LogP contribution is -2.32. The third-order valence-corrected chi connectivity index (χ3v) is 2.17. The smallest absolute Gasteiger partial charge is 0.411 e. The van der Waals surface area contributed by atoms with Gasteiger partial charge in [-0.25, -0.2) is 4.79 Å². The molecule has 0 bridgehead atoms. The van der Waals surface area contributed by atoms with Crippen molar-refractivity contribution in [2.75, 3.05) is 0 Å². The van der Waals surface area contributed by atoms with Crippen LogP contribution in [0.2, 0.25) is 0 Å². The van der Waals surface area contributed by atoms with Gasteiger partial charge >= 0.3 is 6.09 Å². The summed E-state index contributed by atoms with van der Waals surface area (Å²) in [5, 5.41) is 13.3. The molecule has 1 rings (SSSR count). The molecule has 1 heterocycles. The maximum Gasteiger partial charge on any atom is 0.411 e. The van der Waals surface area contributed by atoms with Crippen molar-refractivity contribution in [1.82, 2.24) is 10.3 Å². The topological polar surface area (TPSA) is 94.4 Å². The molecule has 1 aromatic rings. The molecule has 0 atom stereocenters. The number of amides is 1. The van der Waals surface area contributed by atoms with E-state index in [-0.39, 0.29) is 12.1 Å². The Kier molecular flexibility index (Phi) is 4.79. The minimum Gasteiger partial charge on any atom is -0.444 e. The van der Waals surface area contributed by atoms with E-state index in [0.717, 1.165) is 6.20 Å². The molecule has 7 nitrogen and oxygen atoms in total. The van der Waals surface area contributed by atoms with Gasteiger partial charge in [0.05, 0.1) is 4.92 Å². The van der Waals surface area contributed by atoms with Gasteiger partial charge in [-0.1, -0.05) is 6.58 Å². The van der Waals surface area contributed by atoms with Gasteiger partial charge in [0.25, 0.3) is 5.69 Å². The summed E-state index contributed by atoms with van der Waals surface area (Å²) in [7, 11) is 0. The summed E-state index contributed by atoms with van der Waals surface area (Å²) < 4.78 is 5.07. The predicted octanol–water partition coefficient (Wildman–Crippen LogP) is 2.57. The molecule has 1 amide bonds. The summed E-state index contributed by atoms with van der Waals surface area (Å²) in [4.78, 5) is 25.5. The van der Waals surface area contributed by atoms with Crippen molar-refractivity contribution in [3.05, 3.63) is 46.4 Å². The normalized spacial score (nSPS) is 10.8. The summed E-state index contributed by atoms with van der Waals surface area (Å²) >= 11 is 0. The molecule has 0 unspecified atom stereocenters. The van der Waals surface area contributed by atoms with Crippen LogP contribution >= 0.6 is 0 Å². The molecule has 0 saturated heterocycles. The fraction of sp³-hybridized carbons (Fsp3) is 0.385. The highest BCUT2D eigenvalue weighted by Crippen LogP contribution is 2.18. The average molecular weight is 279 g/mol. The molecule has 0 aliphatic heterocycles. The lowest BCUT2D eigenvalue weighted by atomic mass is 10.1. The highest BCUT2D eigenvalue weighted by Gasteiger charge is 2.18. The molecular weight excluding hydrogens is 262 g/mol. The molecule has 1 aromatic heterocycles. The van der Waals surface area contributed by atoms with Gasteiger partial charge < -0.3 is 4.74 Å². The number of hydrogen-bond donors (Lipinski definition) is 1. The maximum atomic E-state index is 11.5. The van der Waals surface area contributed by atoms with E-state index in [2.05, 4.69) is 16.9 Å². The van der Waals surface area contributed by atoms with Gasteiger partial charge in [-0.3, -0.25) is 20.4 Å². The highest BCUT2D eigenvalue weighted by molar-refractivity contribution is 5.70. The van der Waals surface area contributed by atoms with Crippen LogP contribution in [0.1, 0.15) is 26.3 Å². The third-order valence-electron chi connectivity index (χ3n) is 2.17. The number of carbonyl (C=O) groups excluding carboxylic acids is 1. The second-order valence-corrected chi connectivity index (χ2v) is 5.17. The second-order valence-electron chi connectivity index (χ2n) is 5.17. The number of alkyl carbamates (subject to hydrolysis) is 1. The number of hydrogen-bond acceptors (Lipinski definition) is 5. The maximum absolute atomic E-state index is 11.5. The molecule has 0 radical (unpaired) electrons. The van der Waals surface area contributed by atoms with Crippen LogP contribution in [0.4, 0.5) is 10.5 Å². The minimum atomic E-state index is -0.640. The monoisotopic (exact) mass is 279 g/mol. The first-order chi connectivity index (χ1) is 9.19. The summed E-state index contributed by atoms with van der Waals surface area (Å²) in [5.74, 6) is 0. The standard InChI is InChI=1S/C13H17N3O4/c1-9(15-12(17)20-13(2,3)4)7-10-5-6-14-8-11(10)16(18)19/h5-6,8H,1,7H2,2-4H3,(H,15,17). The van der Waals surface area contributed by atoms with Crippen molar-refractivity contribution < 1.29 is 14.5 Å². The number of nitrogens with one attached hydrogen (secondary N) is 1. The Bertz CT molecular complexity index is 535. The number of pyridine rings is 1. The summed E-state index contributed by atoms with van der Waals surface area (Å²) in [6.07, 6.45) is 2.11. The van der Waals surface area contributed by atoms with Gasteiger partial charge in [-0.15, -0.1) is 0 Å². The molecule has 7 heteroatoms. The van der Waals surface area contributed by atoms with Crippen molar-refractivity contribution in [3.63, 3.8) is 0 Å². The van der Waals surface area contributed by atoms with E-state index < -0.39 is 16.6 Å². The molecule has 1 N–H and O–H groups in total. The number of nitrogens with zero attached hydrogens (tertiary/aromatic N) is 2. The van der Waals surface area contributed by atoms with Gasteiger partial charge in [0, 0.05) is 23.9 Å². The number of ether oxygens (including phenoxy) is 1. The first-order valence-electron chi connectivity index (χ1n) is 5.94. The number of aromatic nitrogens is 1. The van der Waals surface area contributed by atoms with E-state index >= 15 is 0 Å². The van der Waals surface area contributed by atoms with Crippen molar-refractivity contribution in [2.24, 2.45) is 0 Å². The van der Waals surface area contributed by atoms with Crippen molar-refractivity contribution in [3.8, 4) is 0 Å². The molecule has 0 fully saturated rings. The number of nitro groups is 1. The Morgan fingerprint density at radius 3 is 2.75 bits per heavy atom. The lowest BCUT2D eigenvalue weighted by molar-refractivity contribution is -0.385. The number of allylic oxidation sites excluding steroid dienone is 1. The van der Waals surface area contributed by atoms with E-state index in [0.29, 0.717) is 11.3 Å².